The third kappa shape index (κ3) is 2.88. The van der Waals surface area contributed by atoms with E-state index < -0.39 is 29.2 Å². The molecule has 1 heterocycles. The molecule has 0 aliphatic rings. The van der Waals surface area contributed by atoms with Crippen LogP contribution in [-0.4, -0.2) is 9.55 Å². The van der Waals surface area contributed by atoms with E-state index in [2.05, 4.69) is 4.98 Å². The molecule has 0 bridgehead atoms. The maximum atomic E-state index is 13.0. The first kappa shape index (κ1) is 15.4. The van der Waals surface area contributed by atoms with Gasteiger partial charge in [0.15, 0.2) is 0 Å². The Morgan fingerprint density at radius 3 is 2.00 bits per heavy atom. The zero-order valence-electron chi connectivity index (χ0n) is 11.0. The van der Waals surface area contributed by atoms with Crippen LogP contribution in [0.3, 0.4) is 0 Å². The maximum Gasteiger partial charge on any atom is 0.418 e. The van der Waals surface area contributed by atoms with Crippen molar-refractivity contribution in [1.82, 2.24) is 9.55 Å². The fraction of sp³-hybridized carbons (Fsp3) is 0.308. The fourth-order valence-electron chi connectivity index (χ4n) is 1.89. The first-order chi connectivity index (χ1) is 9.51. The Kier molecular flexibility index (Phi) is 3.51. The van der Waals surface area contributed by atoms with Crippen molar-refractivity contribution in [1.29, 1.82) is 0 Å². The van der Waals surface area contributed by atoms with E-state index in [1.807, 2.05) is 0 Å². The molecule has 1 aromatic carbocycles. The third-order valence-corrected chi connectivity index (χ3v) is 3.14. The SMILES string of the molecule is Cc1ncn(-c2cc(C(F)(F)F)ccc2C(F)(F)F)c1C. The van der Waals surface area contributed by atoms with Crippen LogP contribution in [0.15, 0.2) is 24.5 Å². The lowest BCUT2D eigenvalue weighted by atomic mass is 10.1. The van der Waals surface area contributed by atoms with Gasteiger partial charge < -0.3 is 4.57 Å². The molecule has 0 unspecified atom stereocenters. The average Bonchev–Trinajstić information content (AvgIpc) is 2.67. The van der Waals surface area contributed by atoms with Crippen molar-refractivity contribution in [3.05, 3.63) is 47.0 Å². The molecule has 0 fully saturated rings. The molecule has 0 aliphatic carbocycles. The Bertz CT molecular complexity index is 666. The smallest absolute Gasteiger partial charge is 0.303 e. The van der Waals surface area contributed by atoms with Crippen molar-refractivity contribution < 1.29 is 26.3 Å². The maximum absolute atomic E-state index is 13.0. The summed E-state index contributed by atoms with van der Waals surface area (Å²) in [5, 5.41) is 0. The predicted octanol–water partition coefficient (Wildman–Crippen LogP) is 4.53. The molecular weight excluding hydrogens is 298 g/mol. The van der Waals surface area contributed by atoms with Gasteiger partial charge in [0.2, 0.25) is 0 Å². The van der Waals surface area contributed by atoms with E-state index in [9.17, 15) is 26.3 Å². The molecule has 1 aromatic heterocycles. The van der Waals surface area contributed by atoms with E-state index in [0.717, 1.165) is 10.9 Å². The number of aryl methyl sites for hydroxylation is 1. The second-order valence-corrected chi connectivity index (χ2v) is 4.51. The summed E-state index contributed by atoms with van der Waals surface area (Å²) in [6.07, 6.45) is -8.40. The number of halogens is 6. The lowest BCUT2D eigenvalue weighted by molar-refractivity contribution is -0.141. The Morgan fingerprint density at radius 2 is 1.57 bits per heavy atom. The molecule has 0 saturated heterocycles. The van der Waals surface area contributed by atoms with Crippen LogP contribution in [0.1, 0.15) is 22.5 Å². The van der Waals surface area contributed by atoms with Gasteiger partial charge >= 0.3 is 12.4 Å². The van der Waals surface area contributed by atoms with Gasteiger partial charge in [0.05, 0.1) is 28.8 Å². The van der Waals surface area contributed by atoms with Crippen molar-refractivity contribution in [2.45, 2.75) is 26.2 Å². The van der Waals surface area contributed by atoms with Gasteiger partial charge in [0, 0.05) is 5.69 Å². The first-order valence-electron chi connectivity index (χ1n) is 5.81. The van der Waals surface area contributed by atoms with Crippen LogP contribution in [0.4, 0.5) is 26.3 Å². The predicted molar refractivity (Wildman–Crippen MR) is 63.0 cm³/mol. The highest BCUT2D eigenvalue weighted by molar-refractivity contribution is 5.48. The Morgan fingerprint density at radius 1 is 0.952 bits per heavy atom. The van der Waals surface area contributed by atoms with Gasteiger partial charge in [-0.1, -0.05) is 0 Å². The van der Waals surface area contributed by atoms with Gasteiger partial charge in [-0.2, -0.15) is 26.3 Å². The van der Waals surface area contributed by atoms with Crippen LogP contribution in [0.5, 0.6) is 0 Å². The van der Waals surface area contributed by atoms with E-state index in [1.165, 1.54) is 6.92 Å². The van der Waals surface area contributed by atoms with Crippen LogP contribution in [0, 0.1) is 13.8 Å². The van der Waals surface area contributed by atoms with E-state index in [0.29, 0.717) is 29.6 Å². The summed E-state index contributed by atoms with van der Waals surface area (Å²) < 4.78 is 78.1. The quantitative estimate of drug-likeness (QED) is 0.708. The van der Waals surface area contributed by atoms with Crippen LogP contribution in [-0.2, 0) is 12.4 Å². The Hall–Kier alpha value is -1.99. The van der Waals surface area contributed by atoms with E-state index in [-0.39, 0.29) is 0 Å². The number of alkyl halides is 6. The molecule has 114 valence electrons. The standard InChI is InChI=1S/C13H10F6N2/c1-7-8(2)21(6-20-7)11-5-9(12(14,15)16)3-4-10(11)13(17,18)19/h3-6H,1-2H3. The Labute approximate surface area is 116 Å². The van der Waals surface area contributed by atoms with Crippen molar-refractivity contribution >= 4 is 0 Å². The first-order valence-corrected chi connectivity index (χ1v) is 5.81. The molecule has 2 rings (SSSR count). The van der Waals surface area contributed by atoms with Crippen molar-refractivity contribution in [3.63, 3.8) is 0 Å². The normalized spacial score (nSPS) is 12.8. The lowest BCUT2D eigenvalue weighted by Crippen LogP contribution is -2.14. The molecule has 0 spiro atoms. The summed E-state index contributed by atoms with van der Waals surface area (Å²) in [4.78, 5) is 3.82. The third-order valence-electron chi connectivity index (χ3n) is 3.14. The number of nitrogens with zero attached hydrogens (tertiary/aromatic N) is 2. The van der Waals surface area contributed by atoms with E-state index >= 15 is 0 Å². The Balaban J connectivity index is 2.73. The summed E-state index contributed by atoms with van der Waals surface area (Å²) in [5.41, 5.74) is -2.08. The monoisotopic (exact) mass is 308 g/mol. The summed E-state index contributed by atoms with van der Waals surface area (Å²) in [6, 6.07) is 1.34. The average molecular weight is 308 g/mol. The van der Waals surface area contributed by atoms with Crippen LogP contribution < -0.4 is 0 Å². The van der Waals surface area contributed by atoms with Gasteiger partial charge in [-0.05, 0) is 32.0 Å². The van der Waals surface area contributed by atoms with Gasteiger partial charge in [-0.15, -0.1) is 0 Å². The topological polar surface area (TPSA) is 17.8 Å². The second kappa shape index (κ2) is 4.78. The molecule has 8 heteroatoms. The van der Waals surface area contributed by atoms with Gasteiger partial charge in [0.1, 0.15) is 0 Å². The summed E-state index contributed by atoms with van der Waals surface area (Å²) in [7, 11) is 0. The molecule has 0 aliphatic heterocycles. The molecule has 0 N–H and O–H groups in total. The van der Waals surface area contributed by atoms with Crippen molar-refractivity contribution in [2.24, 2.45) is 0 Å². The molecule has 21 heavy (non-hydrogen) atoms. The van der Waals surface area contributed by atoms with Crippen LogP contribution in [0.25, 0.3) is 5.69 Å². The minimum absolute atomic E-state index is 0.347. The molecule has 2 nitrogen and oxygen atoms in total. The minimum Gasteiger partial charge on any atom is -0.303 e. The summed E-state index contributed by atoms with van der Waals surface area (Å²) >= 11 is 0. The van der Waals surface area contributed by atoms with Gasteiger partial charge in [0.25, 0.3) is 0 Å². The zero-order chi connectivity index (χ0) is 16.0. The van der Waals surface area contributed by atoms with Crippen LogP contribution in [0.2, 0.25) is 0 Å². The largest absolute Gasteiger partial charge is 0.418 e. The highest BCUT2D eigenvalue weighted by atomic mass is 19.4. The lowest BCUT2D eigenvalue weighted by Gasteiger charge is -2.17. The minimum atomic E-state index is -4.76. The number of aromatic nitrogens is 2. The van der Waals surface area contributed by atoms with E-state index in [4.69, 9.17) is 0 Å². The van der Waals surface area contributed by atoms with E-state index in [1.54, 1.807) is 6.92 Å². The zero-order valence-corrected chi connectivity index (χ0v) is 11.0. The highest BCUT2D eigenvalue weighted by Gasteiger charge is 2.37. The number of rotatable bonds is 1. The molecule has 0 amide bonds. The molecule has 2 aromatic rings. The summed E-state index contributed by atoms with van der Waals surface area (Å²) in [6.45, 7) is 3.05. The number of imidazole rings is 1. The number of hydrogen-bond donors (Lipinski definition) is 0. The molecular formula is C13H10F6N2. The number of benzene rings is 1. The molecule has 0 atom stereocenters. The van der Waals surface area contributed by atoms with Crippen LogP contribution >= 0.6 is 0 Å². The van der Waals surface area contributed by atoms with Crippen molar-refractivity contribution in [2.75, 3.05) is 0 Å². The van der Waals surface area contributed by atoms with Gasteiger partial charge in [-0.3, -0.25) is 0 Å². The van der Waals surface area contributed by atoms with Crippen molar-refractivity contribution in [3.8, 4) is 5.69 Å². The number of hydrogen-bond acceptors (Lipinski definition) is 1. The molecule has 0 saturated carbocycles. The fourth-order valence-corrected chi connectivity index (χ4v) is 1.89. The summed E-state index contributed by atoms with van der Waals surface area (Å²) in [5.74, 6) is 0. The highest BCUT2D eigenvalue weighted by Crippen LogP contribution is 2.38. The molecule has 0 radical (unpaired) electrons. The van der Waals surface area contributed by atoms with Gasteiger partial charge in [-0.25, -0.2) is 4.98 Å². The second-order valence-electron chi connectivity index (χ2n) is 4.51.